The van der Waals surface area contributed by atoms with E-state index in [-0.39, 0.29) is 12.0 Å². The van der Waals surface area contributed by atoms with Crippen LogP contribution in [0.15, 0.2) is 30.3 Å². The molecule has 0 amide bonds. The number of carbonyl (C=O) groups is 1. The molecule has 4 nitrogen and oxygen atoms in total. The van der Waals surface area contributed by atoms with E-state index < -0.39 is 0 Å². The fourth-order valence-corrected chi connectivity index (χ4v) is 2.33. The molecule has 1 fully saturated rings. The Balaban J connectivity index is 1.70. The number of benzene rings is 1. The molecule has 1 saturated heterocycles. The lowest BCUT2D eigenvalue weighted by molar-refractivity contribution is -0.146. The first-order valence-electron chi connectivity index (χ1n) is 6.97. The van der Waals surface area contributed by atoms with Gasteiger partial charge < -0.3 is 15.4 Å². The second kappa shape index (κ2) is 7.26. The summed E-state index contributed by atoms with van der Waals surface area (Å²) in [4.78, 5) is 11.6. The van der Waals surface area contributed by atoms with Crippen LogP contribution >= 0.6 is 0 Å². The van der Waals surface area contributed by atoms with Crippen LogP contribution in [0.25, 0.3) is 0 Å². The zero-order chi connectivity index (χ0) is 13.5. The normalized spacial score (nSPS) is 23.0. The SMILES string of the molecule is CCOC(=O)[C@@H]1CC[C@@H](NCc2ccccc2)CN1. The molecule has 1 aromatic rings. The monoisotopic (exact) mass is 262 g/mol. The smallest absolute Gasteiger partial charge is 0.323 e. The third kappa shape index (κ3) is 4.33. The van der Waals surface area contributed by atoms with Crippen molar-refractivity contribution in [2.45, 2.75) is 38.4 Å². The fourth-order valence-electron chi connectivity index (χ4n) is 2.33. The summed E-state index contributed by atoms with van der Waals surface area (Å²) >= 11 is 0. The molecule has 104 valence electrons. The van der Waals surface area contributed by atoms with E-state index in [1.54, 1.807) is 0 Å². The Hall–Kier alpha value is -1.39. The fraction of sp³-hybridized carbons (Fsp3) is 0.533. The van der Waals surface area contributed by atoms with Crippen LogP contribution in [0.1, 0.15) is 25.3 Å². The molecule has 19 heavy (non-hydrogen) atoms. The standard InChI is InChI=1S/C15H22N2O2/c1-2-19-15(18)14-9-8-13(11-17-14)16-10-12-6-4-3-5-7-12/h3-7,13-14,16-17H,2,8-11H2,1H3/t13-,14+/m1/s1. The highest BCUT2D eigenvalue weighted by Crippen LogP contribution is 2.10. The summed E-state index contributed by atoms with van der Waals surface area (Å²) in [6, 6.07) is 10.6. The van der Waals surface area contributed by atoms with Crippen LogP contribution in [-0.4, -0.2) is 31.2 Å². The number of ether oxygens (including phenoxy) is 1. The van der Waals surface area contributed by atoms with Crippen molar-refractivity contribution in [3.8, 4) is 0 Å². The van der Waals surface area contributed by atoms with Crippen molar-refractivity contribution < 1.29 is 9.53 Å². The highest BCUT2D eigenvalue weighted by Gasteiger charge is 2.26. The van der Waals surface area contributed by atoms with Crippen molar-refractivity contribution >= 4 is 5.97 Å². The molecule has 1 heterocycles. The highest BCUT2D eigenvalue weighted by molar-refractivity contribution is 5.75. The van der Waals surface area contributed by atoms with Gasteiger partial charge in [0.15, 0.2) is 0 Å². The highest BCUT2D eigenvalue weighted by atomic mass is 16.5. The van der Waals surface area contributed by atoms with Crippen molar-refractivity contribution in [2.75, 3.05) is 13.2 Å². The van der Waals surface area contributed by atoms with Crippen molar-refractivity contribution in [2.24, 2.45) is 0 Å². The van der Waals surface area contributed by atoms with Gasteiger partial charge in [-0.2, -0.15) is 0 Å². The minimum Gasteiger partial charge on any atom is -0.465 e. The predicted molar refractivity (Wildman–Crippen MR) is 74.7 cm³/mol. The van der Waals surface area contributed by atoms with Crippen molar-refractivity contribution in [3.05, 3.63) is 35.9 Å². The molecule has 0 spiro atoms. The molecular formula is C15H22N2O2. The van der Waals surface area contributed by atoms with Gasteiger partial charge in [0, 0.05) is 19.1 Å². The number of hydrogen-bond acceptors (Lipinski definition) is 4. The van der Waals surface area contributed by atoms with Gasteiger partial charge in [0.2, 0.25) is 0 Å². The first-order chi connectivity index (χ1) is 9.29. The molecule has 0 unspecified atom stereocenters. The Morgan fingerprint density at radius 1 is 1.37 bits per heavy atom. The molecule has 0 bridgehead atoms. The van der Waals surface area contributed by atoms with Gasteiger partial charge in [-0.25, -0.2) is 0 Å². The minimum atomic E-state index is -0.130. The number of esters is 1. The molecule has 0 radical (unpaired) electrons. The molecule has 4 heteroatoms. The first-order valence-corrected chi connectivity index (χ1v) is 6.97. The lowest BCUT2D eigenvalue weighted by atomic mass is 10.0. The van der Waals surface area contributed by atoms with Crippen molar-refractivity contribution in [3.63, 3.8) is 0 Å². The summed E-state index contributed by atoms with van der Waals surface area (Å²) < 4.78 is 5.02. The van der Waals surface area contributed by atoms with E-state index in [9.17, 15) is 4.79 Å². The molecule has 0 aromatic heterocycles. The van der Waals surface area contributed by atoms with Crippen LogP contribution in [-0.2, 0) is 16.1 Å². The summed E-state index contributed by atoms with van der Waals surface area (Å²) in [6.45, 7) is 3.98. The van der Waals surface area contributed by atoms with Crippen LogP contribution in [0.3, 0.4) is 0 Å². The van der Waals surface area contributed by atoms with Gasteiger partial charge in [-0.05, 0) is 25.3 Å². The lowest BCUT2D eigenvalue weighted by Crippen LogP contribution is -2.51. The van der Waals surface area contributed by atoms with Gasteiger partial charge in [-0.1, -0.05) is 30.3 Å². The quantitative estimate of drug-likeness (QED) is 0.789. The number of hydrogen-bond donors (Lipinski definition) is 2. The number of piperidine rings is 1. The van der Waals surface area contributed by atoms with Gasteiger partial charge in [0.25, 0.3) is 0 Å². The van der Waals surface area contributed by atoms with Crippen molar-refractivity contribution in [1.29, 1.82) is 0 Å². The molecule has 2 atom stereocenters. The molecule has 1 aromatic carbocycles. The Morgan fingerprint density at radius 2 is 2.16 bits per heavy atom. The van der Waals surface area contributed by atoms with Crippen LogP contribution in [0.5, 0.6) is 0 Å². The van der Waals surface area contributed by atoms with Crippen LogP contribution < -0.4 is 10.6 Å². The average Bonchev–Trinajstić information content (AvgIpc) is 2.47. The zero-order valence-corrected chi connectivity index (χ0v) is 11.4. The largest absolute Gasteiger partial charge is 0.465 e. The first kappa shape index (κ1) is 14.0. The van der Waals surface area contributed by atoms with Gasteiger partial charge in [0.05, 0.1) is 6.61 Å². The Bertz CT molecular complexity index is 386. The van der Waals surface area contributed by atoms with E-state index in [4.69, 9.17) is 4.74 Å². The number of carbonyl (C=O) groups excluding carboxylic acids is 1. The van der Waals surface area contributed by atoms with E-state index in [0.29, 0.717) is 12.6 Å². The van der Waals surface area contributed by atoms with E-state index >= 15 is 0 Å². The summed E-state index contributed by atoms with van der Waals surface area (Å²) in [5, 5.41) is 6.77. The average molecular weight is 262 g/mol. The topological polar surface area (TPSA) is 50.4 Å². The van der Waals surface area contributed by atoms with Gasteiger partial charge >= 0.3 is 5.97 Å². The van der Waals surface area contributed by atoms with E-state index in [1.807, 2.05) is 25.1 Å². The minimum absolute atomic E-state index is 0.121. The van der Waals surface area contributed by atoms with Crippen molar-refractivity contribution in [1.82, 2.24) is 10.6 Å². The third-order valence-corrected chi connectivity index (χ3v) is 3.42. The van der Waals surface area contributed by atoms with Crippen LogP contribution in [0.4, 0.5) is 0 Å². The zero-order valence-electron chi connectivity index (χ0n) is 11.4. The molecular weight excluding hydrogens is 240 g/mol. The molecule has 2 rings (SSSR count). The molecule has 1 aliphatic heterocycles. The summed E-state index contributed by atoms with van der Waals surface area (Å²) in [6.07, 6.45) is 1.84. The predicted octanol–water partition coefficient (Wildman–Crippen LogP) is 1.46. The van der Waals surface area contributed by atoms with E-state index in [2.05, 4.69) is 22.8 Å². The molecule has 1 aliphatic rings. The maximum absolute atomic E-state index is 11.6. The third-order valence-electron chi connectivity index (χ3n) is 3.42. The summed E-state index contributed by atoms with van der Waals surface area (Å²) in [5.41, 5.74) is 1.29. The Kier molecular flexibility index (Phi) is 5.36. The molecule has 0 saturated carbocycles. The molecule has 2 N–H and O–H groups in total. The number of nitrogens with one attached hydrogen (secondary N) is 2. The Morgan fingerprint density at radius 3 is 2.79 bits per heavy atom. The van der Waals surface area contributed by atoms with Gasteiger partial charge in [0.1, 0.15) is 6.04 Å². The maximum atomic E-state index is 11.6. The number of rotatable bonds is 5. The second-order valence-corrected chi connectivity index (χ2v) is 4.85. The Labute approximate surface area is 114 Å². The van der Waals surface area contributed by atoms with Crippen LogP contribution in [0.2, 0.25) is 0 Å². The summed E-state index contributed by atoms with van der Waals surface area (Å²) in [5.74, 6) is -0.121. The summed E-state index contributed by atoms with van der Waals surface area (Å²) in [7, 11) is 0. The van der Waals surface area contributed by atoms with E-state index in [0.717, 1.165) is 25.9 Å². The second-order valence-electron chi connectivity index (χ2n) is 4.85. The lowest BCUT2D eigenvalue weighted by Gasteiger charge is -2.29. The maximum Gasteiger partial charge on any atom is 0.323 e. The van der Waals surface area contributed by atoms with Crippen LogP contribution in [0, 0.1) is 0 Å². The van der Waals surface area contributed by atoms with E-state index in [1.165, 1.54) is 5.56 Å². The molecule has 0 aliphatic carbocycles. The van der Waals surface area contributed by atoms with Gasteiger partial charge in [-0.15, -0.1) is 0 Å². The van der Waals surface area contributed by atoms with Gasteiger partial charge in [-0.3, -0.25) is 4.79 Å².